The Bertz CT molecular complexity index is 939. The lowest BCUT2D eigenvalue weighted by atomic mass is 10.1. The van der Waals surface area contributed by atoms with Crippen LogP contribution in [0.3, 0.4) is 0 Å². The lowest BCUT2D eigenvalue weighted by Crippen LogP contribution is -2.27. The summed E-state index contributed by atoms with van der Waals surface area (Å²) in [4.78, 5) is 28.3. The van der Waals surface area contributed by atoms with E-state index >= 15 is 0 Å². The number of rotatable bonds is 3. The Labute approximate surface area is 165 Å². The molecule has 4 nitrogen and oxygen atoms in total. The molecule has 0 unspecified atom stereocenters. The first-order chi connectivity index (χ1) is 13.0. The number of carbonyl (C=O) groups excluding carboxylic acids is 2. The van der Waals surface area contributed by atoms with Crippen LogP contribution in [-0.4, -0.2) is 24.2 Å². The zero-order chi connectivity index (χ0) is 19.0. The summed E-state index contributed by atoms with van der Waals surface area (Å²) < 4.78 is 14.5. The number of benzene rings is 2. The van der Waals surface area contributed by atoms with Gasteiger partial charge in [-0.25, -0.2) is 9.29 Å². The van der Waals surface area contributed by atoms with Crippen LogP contribution in [0, 0.1) is 5.82 Å². The molecule has 2 saturated heterocycles. The van der Waals surface area contributed by atoms with Gasteiger partial charge in [-0.3, -0.25) is 9.59 Å². The highest BCUT2D eigenvalue weighted by Crippen LogP contribution is 2.36. The van der Waals surface area contributed by atoms with E-state index in [0.29, 0.717) is 16.3 Å². The molecule has 0 N–H and O–H groups in total. The van der Waals surface area contributed by atoms with Crippen molar-refractivity contribution in [3.8, 4) is 0 Å². The van der Waals surface area contributed by atoms with Gasteiger partial charge in [-0.1, -0.05) is 11.6 Å². The largest absolute Gasteiger partial charge is 0.371 e. The number of carbonyl (C=O) groups is 2. The summed E-state index contributed by atoms with van der Waals surface area (Å²) >= 11 is 6.66. The van der Waals surface area contributed by atoms with Crippen LogP contribution in [0.1, 0.15) is 18.4 Å². The number of imide groups is 1. The summed E-state index contributed by atoms with van der Waals surface area (Å²) in [6, 6.07) is 11.4. The maximum atomic E-state index is 14.5. The molecule has 138 valence electrons. The van der Waals surface area contributed by atoms with E-state index in [2.05, 4.69) is 4.90 Å². The van der Waals surface area contributed by atoms with E-state index in [1.165, 1.54) is 12.1 Å². The maximum Gasteiger partial charge on any atom is 0.298 e. The monoisotopic (exact) mass is 402 g/mol. The minimum Gasteiger partial charge on any atom is -0.371 e. The Kier molecular flexibility index (Phi) is 4.93. The number of hydrogen-bond acceptors (Lipinski definition) is 4. The molecule has 2 aliphatic heterocycles. The Morgan fingerprint density at radius 3 is 2.33 bits per heavy atom. The smallest absolute Gasteiger partial charge is 0.298 e. The summed E-state index contributed by atoms with van der Waals surface area (Å²) in [5.74, 6) is -0.868. The zero-order valence-corrected chi connectivity index (χ0v) is 15.9. The van der Waals surface area contributed by atoms with Crippen LogP contribution in [0.25, 0.3) is 6.08 Å². The van der Waals surface area contributed by atoms with E-state index in [9.17, 15) is 14.0 Å². The second-order valence-corrected chi connectivity index (χ2v) is 7.82. The van der Waals surface area contributed by atoms with Gasteiger partial charge in [0.2, 0.25) is 0 Å². The first-order valence-electron chi connectivity index (χ1n) is 8.61. The van der Waals surface area contributed by atoms with E-state index in [-0.39, 0.29) is 4.91 Å². The van der Waals surface area contributed by atoms with Crippen LogP contribution in [-0.2, 0) is 4.79 Å². The number of halogens is 2. The first kappa shape index (κ1) is 18.1. The fraction of sp³-hybridized carbons (Fsp3) is 0.200. The number of amides is 2. The van der Waals surface area contributed by atoms with Crippen molar-refractivity contribution in [2.75, 3.05) is 22.9 Å². The van der Waals surface area contributed by atoms with Crippen molar-refractivity contribution in [2.45, 2.75) is 12.8 Å². The molecule has 0 spiro atoms. The van der Waals surface area contributed by atoms with Gasteiger partial charge in [0.25, 0.3) is 11.1 Å². The van der Waals surface area contributed by atoms with E-state index in [1.807, 2.05) is 6.07 Å². The number of hydrogen-bond donors (Lipinski definition) is 0. The molecule has 2 heterocycles. The zero-order valence-electron chi connectivity index (χ0n) is 14.3. The van der Waals surface area contributed by atoms with E-state index in [4.69, 9.17) is 11.6 Å². The molecule has 2 amide bonds. The third kappa shape index (κ3) is 3.59. The molecular weight excluding hydrogens is 387 g/mol. The van der Waals surface area contributed by atoms with Crippen LogP contribution in [0.4, 0.5) is 20.6 Å². The highest BCUT2D eigenvalue weighted by molar-refractivity contribution is 8.19. The molecule has 2 aliphatic rings. The molecule has 2 aromatic carbocycles. The van der Waals surface area contributed by atoms with Crippen LogP contribution in [0.15, 0.2) is 47.4 Å². The van der Waals surface area contributed by atoms with Crippen LogP contribution >= 0.6 is 23.4 Å². The Balaban J connectivity index is 1.60. The van der Waals surface area contributed by atoms with Crippen molar-refractivity contribution < 1.29 is 14.0 Å². The van der Waals surface area contributed by atoms with Gasteiger partial charge in [0.05, 0.1) is 10.6 Å². The molecule has 4 rings (SSSR count). The Morgan fingerprint density at radius 1 is 1.00 bits per heavy atom. The van der Waals surface area contributed by atoms with Crippen LogP contribution in [0.5, 0.6) is 0 Å². The average Bonchev–Trinajstić information content (AvgIpc) is 3.27. The third-order valence-corrected chi connectivity index (χ3v) is 5.74. The molecule has 0 saturated carbocycles. The summed E-state index contributed by atoms with van der Waals surface area (Å²) in [6.45, 7) is 1.86. The summed E-state index contributed by atoms with van der Waals surface area (Å²) in [5, 5.41) is 0.101. The van der Waals surface area contributed by atoms with Gasteiger partial charge < -0.3 is 4.90 Å². The lowest BCUT2D eigenvalue weighted by Gasteiger charge is -2.17. The lowest BCUT2D eigenvalue weighted by molar-refractivity contribution is -0.113. The predicted molar refractivity (Wildman–Crippen MR) is 108 cm³/mol. The molecule has 2 fully saturated rings. The molecule has 0 radical (unpaired) electrons. The van der Waals surface area contributed by atoms with Gasteiger partial charge in [0.1, 0.15) is 5.82 Å². The molecule has 27 heavy (non-hydrogen) atoms. The van der Waals surface area contributed by atoms with Crippen molar-refractivity contribution >= 4 is 52.0 Å². The summed E-state index contributed by atoms with van der Waals surface area (Å²) in [7, 11) is 0. The van der Waals surface area contributed by atoms with E-state index in [1.54, 1.807) is 30.3 Å². The molecule has 0 aliphatic carbocycles. The highest BCUT2D eigenvalue weighted by atomic mass is 35.5. The van der Waals surface area contributed by atoms with Gasteiger partial charge in [-0.05, 0) is 73.1 Å². The van der Waals surface area contributed by atoms with E-state index in [0.717, 1.165) is 48.3 Å². The average molecular weight is 403 g/mol. The first-order valence-corrected chi connectivity index (χ1v) is 9.80. The summed E-state index contributed by atoms with van der Waals surface area (Å²) in [6.07, 6.45) is 3.66. The molecule has 0 atom stereocenters. The van der Waals surface area contributed by atoms with E-state index < -0.39 is 17.0 Å². The normalized spacial score (nSPS) is 18.8. The van der Waals surface area contributed by atoms with Gasteiger partial charge in [0, 0.05) is 29.4 Å². The fourth-order valence-electron chi connectivity index (χ4n) is 3.23. The molecule has 2 aromatic rings. The van der Waals surface area contributed by atoms with Crippen molar-refractivity contribution in [2.24, 2.45) is 0 Å². The van der Waals surface area contributed by atoms with Crippen molar-refractivity contribution in [3.63, 3.8) is 0 Å². The minimum atomic E-state index is -0.463. The number of anilines is 2. The van der Waals surface area contributed by atoms with Crippen molar-refractivity contribution in [1.82, 2.24) is 0 Å². The van der Waals surface area contributed by atoms with Crippen LogP contribution < -0.4 is 9.80 Å². The molecular formula is C20H16ClFN2O2S. The predicted octanol–water partition coefficient (Wildman–Crippen LogP) is 5.32. The standard InChI is InChI=1S/C20H16ClFN2O2S/c21-14-4-7-15(8-5-14)24-19(25)18(27-20(24)26)11-13-3-6-16(12-17(13)22)23-9-1-2-10-23/h3-8,11-12H,1-2,9-10H2/b18-11+. The minimum absolute atomic E-state index is 0.197. The molecule has 0 aromatic heterocycles. The molecule has 7 heteroatoms. The SMILES string of the molecule is O=C1S/C(=C/c2ccc(N3CCCC3)cc2F)C(=O)N1c1ccc(Cl)cc1. The highest BCUT2D eigenvalue weighted by Gasteiger charge is 2.36. The maximum absolute atomic E-state index is 14.5. The number of thioether (sulfide) groups is 1. The molecule has 0 bridgehead atoms. The second kappa shape index (κ2) is 7.37. The Morgan fingerprint density at radius 2 is 1.67 bits per heavy atom. The van der Waals surface area contributed by atoms with Gasteiger partial charge in [0.15, 0.2) is 0 Å². The van der Waals surface area contributed by atoms with Crippen molar-refractivity contribution in [3.05, 3.63) is 63.8 Å². The van der Waals surface area contributed by atoms with Gasteiger partial charge >= 0.3 is 0 Å². The van der Waals surface area contributed by atoms with Crippen LogP contribution in [0.2, 0.25) is 5.02 Å². The second-order valence-electron chi connectivity index (χ2n) is 6.39. The number of nitrogens with zero attached hydrogens (tertiary/aromatic N) is 2. The quantitative estimate of drug-likeness (QED) is 0.651. The topological polar surface area (TPSA) is 40.6 Å². The van der Waals surface area contributed by atoms with Gasteiger partial charge in [-0.15, -0.1) is 0 Å². The van der Waals surface area contributed by atoms with Gasteiger partial charge in [-0.2, -0.15) is 0 Å². The van der Waals surface area contributed by atoms with Crippen molar-refractivity contribution in [1.29, 1.82) is 0 Å². The fourth-order valence-corrected chi connectivity index (χ4v) is 4.19. The summed E-state index contributed by atoms with van der Waals surface area (Å²) in [5.41, 5.74) is 1.58. The Hall–Kier alpha value is -2.31. The third-order valence-electron chi connectivity index (χ3n) is 4.62.